The smallest absolute Gasteiger partial charge is 0.0536 e. The first-order chi connectivity index (χ1) is 7.79. The summed E-state index contributed by atoms with van der Waals surface area (Å²) in [5, 5.41) is 7.63. The topological polar surface area (TPSA) is 33.1 Å². The number of aromatic nitrogens is 2. The van der Waals surface area contributed by atoms with E-state index in [1.807, 2.05) is 23.1 Å². The lowest BCUT2D eigenvalue weighted by Crippen LogP contribution is -2.47. The van der Waals surface area contributed by atoms with Gasteiger partial charge in [-0.3, -0.25) is 4.68 Å². The second-order valence-corrected chi connectivity index (χ2v) is 4.73. The highest BCUT2D eigenvalue weighted by atomic mass is 15.3. The molecule has 0 amide bonds. The molecular formula is C12H22N4. The summed E-state index contributed by atoms with van der Waals surface area (Å²) < 4.78 is 2.01. The van der Waals surface area contributed by atoms with Gasteiger partial charge < -0.3 is 10.2 Å². The maximum atomic E-state index is 4.23. The fourth-order valence-corrected chi connectivity index (χ4v) is 2.54. The summed E-state index contributed by atoms with van der Waals surface area (Å²) in [6.07, 6.45) is 5.14. The number of hydrogen-bond donors (Lipinski definition) is 1. The van der Waals surface area contributed by atoms with Gasteiger partial charge in [-0.15, -0.1) is 0 Å². The number of piperidine rings is 1. The lowest BCUT2D eigenvalue weighted by atomic mass is 9.94. The summed E-state index contributed by atoms with van der Waals surface area (Å²) in [4.78, 5) is 2.54. The first-order valence-electron chi connectivity index (χ1n) is 6.16. The minimum Gasteiger partial charge on any atom is -0.317 e. The Morgan fingerprint density at radius 2 is 2.31 bits per heavy atom. The Kier molecular flexibility index (Phi) is 3.96. The minimum absolute atomic E-state index is 0.695. The van der Waals surface area contributed by atoms with Gasteiger partial charge in [-0.05, 0) is 32.0 Å². The van der Waals surface area contributed by atoms with Crippen LogP contribution in [0.5, 0.6) is 0 Å². The van der Waals surface area contributed by atoms with Crippen LogP contribution in [-0.4, -0.2) is 47.4 Å². The second kappa shape index (κ2) is 5.46. The lowest BCUT2D eigenvalue weighted by molar-refractivity contribution is 0.145. The van der Waals surface area contributed by atoms with E-state index in [1.54, 1.807) is 0 Å². The van der Waals surface area contributed by atoms with Gasteiger partial charge in [-0.25, -0.2) is 0 Å². The molecule has 1 aliphatic rings. The zero-order chi connectivity index (χ0) is 11.4. The van der Waals surface area contributed by atoms with E-state index in [9.17, 15) is 0 Å². The molecule has 2 atom stereocenters. The van der Waals surface area contributed by atoms with Gasteiger partial charge in [0.25, 0.3) is 0 Å². The SMILES string of the molecule is CNC1CCN(CCn2cccn2)CC1C. The van der Waals surface area contributed by atoms with Gasteiger partial charge >= 0.3 is 0 Å². The summed E-state index contributed by atoms with van der Waals surface area (Å²) >= 11 is 0. The zero-order valence-corrected chi connectivity index (χ0v) is 10.3. The molecule has 4 nitrogen and oxygen atoms in total. The van der Waals surface area contributed by atoms with Crippen molar-refractivity contribution in [3.8, 4) is 0 Å². The summed E-state index contributed by atoms with van der Waals surface area (Å²) in [6.45, 7) is 6.86. The van der Waals surface area contributed by atoms with Crippen LogP contribution in [0.4, 0.5) is 0 Å². The van der Waals surface area contributed by atoms with Crippen LogP contribution in [0.25, 0.3) is 0 Å². The molecule has 0 aliphatic carbocycles. The molecule has 2 rings (SSSR count). The molecule has 0 radical (unpaired) electrons. The van der Waals surface area contributed by atoms with Crippen LogP contribution in [0, 0.1) is 5.92 Å². The van der Waals surface area contributed by atoms with Gasteiger partial charge in [-0.1, -0.05) is 6.92 Å². The highest BCUT2D eigenvalue weighted by molar-refractivity contribution is 4.82. The molecule has 1 aliphatic heterocycles. The molecule has 90 valence electrons. The van der Waals surface area contributed by atoms with Crippen LogP contribution in [0.2, 0.25) is 0 Å². The fourth-order valence-electron chi connectivity index (χ4n) is 2.54. The highest BCUT2D eigenvalue weighted by Crippen LogP contribution is 2.16. The predicted octanol–water partition coefficient (Wildman–Crippen LogP) is 0.813. The van der Waals surface area contributed by atoms with Crippen molar-refractivity contribution in [1.82, 2.24) is 20.0 Å². The third kappa shape index (κ3) is 2.83. The van der Waals surface area contributed by atoms with Crippen molar-refractivity contribution in [3.05, 3.63) is 18.5 Å². The summed E-state index contributed by atoms with van der Waals surface area (Å²) in [7, 11) is 2.07. The van der Waals surface area contributed by atoms with Gasteiger partial charge in [0, 0.05) is 31.5 Å². The molecule has 4 heteroatoms. The Bertz CT molecular complexity index is 296. The average molecular weight is 222 g/mol. The van der Waals surface area contributed by atoms with Gasteiger partial charge in [0.05, 0.1) is 6.54 Å². The quantitative estimate of drug-likeness (QED) is 0.818. The van der Waals surface area contributed by atoms with E-state index in [1.165, 1.54) is 19.5 Å². The van der Waals surface area contributed by atoms with Crippen molar-refractivity contribution in [3.63, 3.8) is 0 Å². The first-order valence-corrected chi connectivity index (χ1v) is 6.16. The molecule has 1 saturated heterocycles. The third-order valence-corrected chi connectivity index (χ3v) is 3.56. The van der Waals surface area contributed by atoms with Gasteiger partial charge in [0.2, 0.25) is 0 Å². The van der Waals surface area contributed by atoms with Gasteiger partial charge in [-0.2, -0.15) is 5.10 Å². The molecule has 1 aromatic heterocycles. The maximum Gasteiger partial charge on any atom is 0.0536 e. The number of nitrogens with one attached hydrogen (secondary N) is 1. The van der Waals surface area contributed by atoms with Gasteiger partial charge in [0.15, 0.2) is 0 Å². The van der Waals surface area contributed by atoms with E-state index >= 15 is 0 Å². The Morgan fingerprint density at radius 1 is 1.44 bits per heavy atom. The largest absolute Gasteiger partial charge is 0.317 e. The van der Waals surface area contributed by atoms with Crippen molar-refractivity contribution < 1.29 is 0 Å². The molecule has 0 aromatic carbocycles. The van der Waals surface area contributed by atoms with Crippen molar-refractivity contribution in [2.45, 2.75) is 25.9 Å². The number of likely N-dealkylation sites (tertiary alicyclic amines) is 1. The number of rotatable bonds is 4. The molecule has 1 aromatic rings. The van der Waals surface area contributed by atoms with Crippen LogP contribution >= 0.6 is 0 Å². The van der Waals surface area contributed by atoms with Crippen molar-refractivity contribution in [2.24, 2.45) is 5.92 Å². The van der Waals surface area contributed by atoms with Crippen LogP contribution < -0.4 is 5.32 Å². The van der Waals surface area contributed by atoms with E-state index in [0.717, 1.165) is 19.0 Å². The van der Waals surface area contributed by atoms with Crippen LogP contribution in [-0.2, 0) is 6.54 Å². The average Bonchev–Trinajstić information content (AvgIpc) is 2.79. The Balaban J connectivity index is 1.75. The van der Waals surface area contributed by atoms with E-state index in [2.05, 4.69) is 29.3 Å². The van der Waals surface area contributed by atoms with Crippen LogP contribution in [0.1, 0.15) is 13.3 Å². The predicted molar refractivity (Wildman–Crippen MR) is 65.3 cm³/mol. The Hall–Kier alpha value is -0.870. The molecule has 0 saturated carbocycles. The fraction of sp³-hybridized carbons (Fsp3) is 0.750. The van der Waals surface area contributed by atoms with Crippen molar-refractivity contribution in [1.29, 1.82) is 0 Å². The molecule has 0 spiro atoms. The molecule has 2 heterocycles. The third-order valence-electron chi connectivity index (χ3n) is 3.56. The molecular weight excluding hydrogens is 200 g/mol. The molecule has 1 N–H and O–H groups in total. The van der Waals surface area contributed by atoms with Crippen LogP contribution in [0.15, 0.2) is 18.5 Å². The number of hydrogen-bond acceptors (Lipinski definition) is 3. The Morgan fingerprint density at radius 3 is 2.94 bits per heavy atom. The molecule has 1 fully saturated rings. The van der Waals surface area contributed by atoms with E-state index < -0.39 is 0 Å². The molecule has 0 bridgehead atoms. The standard InChI is InChI=1S/C12H22N4/c1-11-10-15(7-4-12(11)13-2)8-9-16-6-3-5-14-16/h3,5-6,11-13H,4,7-10H2,1-2H3. The van der Waals surface area contributed by atoms with E-state index in [-0.39, 0.29) is 0 Å². The van der Waals surface area contributed by atoms with E-state index in [0.29, 0.717) is 6.04 Å². The first kappa shape index (κ1) is 11.6. The van der Waals surface area contributed by atoms with Crippen LogP contribution in [0.3, 0.4) is 0 Å². The maximum absolute atomic E-state index is 4.23. The minimum atomic E-state index is 0.695. The van der Waals surface area contributed by atoms with Gasteiger partial charge in [0.1, 0.15) is 0 Å². The lowest BCUT2D eigenvalue weighted by Gasteiger charge is -2.36. The normalized spacial score (nSPS) is 27.1. The monoisotopic (exact) mass is 222 g/mol. The van der Waals surface area contributed by atoms with Crippen molar-refractivity contribution >= 4 is 0 Å². The zero-order valence-electron chi connectivity index (χ0n) is 10.3. The summed E-state index contributed by atoms with van der Waals surface area (Å²) in [5.41, 5.74) is 0. The summed E-state index contributed by atoms with van der Waals surface area (Å²) in [6, 6.07) is 2.68. The van der Waals surface area contributed by atoms with Crippen molar-refractivity contribution in [2.75, 3.05) is 26.7 Å². The number of nitrogens with zero attached hydrogens (tertiary/aromatic N) is 3. The summed E-state index contributed by atoms with van der Waals surface area (Å²) in [5.74, 6) is 0.747. The second-order valence-electron chi connectivity index (χ2n) is 4.73. The molecule has 2 unspecified atom stereocenters. The van der Waals surface area contributed by atoms with E-state index in [4.69, 9.17) is 0 Å². The molecule has 16 heavy (non-hydrogen) atoms. The Labute approximate surface area is 97.6 Å². The highest BCUT2D eigenvalue weighted by Gasteiger charge is 2.24.